The van der Waals surface area contributed by atoms with Crippen molar-refractivity contribution in [2.75, 3.05) is 45.8 Å². The first-order valence-corrected chi connectivity index (χ1v) is 9.54. The van der Waals surface area contributed by atoms with Gasteiger partial charge in [-0.1, -0.05) is 23.7 Å². The molecule has 2 unspecified atom stereocenters. The second-order valence-electron chi connectivity index (χ2n) is 7.30. The number of piperazine rings is 1. The van der Waals surface area contributed by atoms with Gasteiger partial charge in [-0.2, -0.15) is 0 Å². The van der Waals surface area contributed by atoms with Crippen LogP contribution in [0.5, 0.6) is 0 Å². The van der Waals surface area contributed by atoms with Gasteiger partial charge in [0.25, 0.3) is 0 Å². The number of nitrogens with zero attached hydrogens (tertiary/aromatic N) is 2. The fraction of sp³-hybridized carbons (Fsp3) is 0.684. The Morgan fingerprint density at radius 3 is 2.42 bits per heavy atom. The Morgan fingerprint density at radius 2 is 1.71 bits per heavy atom. The van der Waals surface area contributed by atoms with Gasteiger partial charge in [-0.15, -0.1) is 0 Å². The summed E-state index contributed by atoms with van der Waals surface area (Å²) >= 11 is 5.98. The molecule has 0 radical (unpaired) electrons. The van der Waals surface area contributed by atoms with Gasteiger partial charge in [0.05, 0.1) is 12.2 Å². The Labute approximate surface area is 151 Å². The van der Waals surface area contributed by atoms with Gasteiger partial charge in [-0.25, -0.2) is 0 Å². The lowest BCUT2D eigenvalue weighted by Crippen LogP contribution is -2.54. The molecular formula is C19H30ClN3O. The normalized spacial score (nSPS) is 29.7. The van der Waals surface area contributed by atoms with E-state index in [-0.39, 0.29) is 0 Å². The first-order valence-electron chi connectivity index (χ1n) is 9.16. The van der Waals surface area contributed by atoms with Crippen molar-refractivity contribution in [3.05, 3.63) is 34.9 Å². The highest BCUT2D eigenvalue weighted by Gasteiger charge is 2.24. The van der Waals surface area contributed by atoms with Gasteiger partial charge < -0.3 is 10.1 Å². The number of rotatable bonds is 5. The molecule has 3 rings (SSSR count). The lowest BCUT2D eigenvalue weighted by atomic mass is 10.0. The average molecular weight is 352 g/mol. The van der Waals surface area contributed by atoms with Crippen LogP contribution in [0.2, 0.25) is 5.02 Å². The van der Waals surface area contributed by atoms with Crippen LogP contribution in [0, 0.1) is 0 Å². The summed E-state index contributed by atoms with van der Waals surface area (Å²) in [6, 6.07) is 8.78. The maximum Gasteiger partial charge on any atom is 0.0678 e. The van der Waals surface area contributed by atoms with E-state index in [1.165, 1.54) is 5.56 Å². The van der Waals surface area contributed by atoms with E-state index in [0.717, 1.165) is 57.3 Å². The second-order valence-corrected chi connectivity index (χ2v) is 7.74. The summed E-state index contributed by atoms with van der Waals surface area (Å²) in [6.07, 6.45) is 1.78. The summed E-state index contributed by atoms with van der Waals surface area (Å²) in [5.41, 5.74) is 1.36. The zero-order chi connectivity index (χ0) is 16.9. The molecule has 0 aromatic heterocycles. The summed E-state index contributed by atoms with van der Waals surface area (Å²) in [7, 11) is 0. The van der Waals surface area contributed by atoms with Crippen LogP contribution in [0.15, 0.2) is 24.3 Å². The minimum absolute atomic E-state index is 0.356. The van der Waals surface area contributed by atoms with Gasteiger partial charge in [0, 0.05) is 56.9 Å². The van der Waals surface area contributed by atoms with Crippen LogP contribution in [0.3, 0.4) is 0 Å². The van der Waals surface area contributed by atoms with E-state index >= 15 is 0 Å². The van der Waals surface area contributed by atoms with E-state index in [0.29, 0.717) is 18.2 Å². The standard InChI is InChI=1S/C19H30ClN3O/c1-15-12-23(13-16(2)24-15)10-9-22-8-7-21-19(14-22)11-17-3-5-18(20)6-4-17/h3-6,15-16,19,21H,7-14H2,1-2H3/t15?,16?,19-/m1/s1. The number of hydrogen-bond donors (Lipinski definition) is 1. The van der Waals surface area contributed by atoms with Gasteiger partial charge in [-0.3, -0.25) is 9.80 Å². The van der Waals surface area contributed by atoms with E-state index in [1.807, 2.05) is 12.1 Å². The van der Waals surface area contributed by atoms with E-state index in [4.69, 9.17) is 16.3 Å². The van der Waals surface area contributed by atoms with Crippen molar-refractivity contribution in [3.8, 4) is 0 Å². The molecule has 5 heteroatoms. The predicted molar refractivity (Wildman–Crippen MR) is 99.8 cm³/mol. The minimum Gasteiger partial charge on any atom is -0.373 e. The first-order chi connectivity index (χ1) is 11.6. The zero-order valence-corrected chi connectivity index (χ0v) is 15.6. The van der Waals surface area contributed by atoms with Gasteiger partial charge in [0.15, 0.2) is 0 Å². The molecule has 1 aromatic rings. The number of hydrogen-bond acceptors (Lipinski definition) is 4. The molecule has 2 saturated heterocycles. The minimum atomic E-state index is 0.356. The molecule has 2 heterocycles. The highest BCUT2D eigenvalue weighted by atomic mass is 35.5. The molecule has 0 saturated carbocycles. The van der Waals surface area contributed by atoms with E-state index < -0.39 is 0 Å². The Balaban J connectivity index is 1.44. The van der Waals surface area contributed by atoms with Gasteiger partial charge in [-0.05, 0) is 38.0 Å². The Bertz CT molecular complexity index is 500. The highest BCUT2D eigenvalue weighted by molar-refractivity contribution is 6.30. The molecule has 1 aromatic carbocycles. The number of ether oxygens (including phenoxy) is 1. The smallest absolute Gasteiger partial charge is 0.0678 e. The zero-order valence-electron chi connectivity index (χ0n) is 14.9. The molecule has 2 aliphatic heterocycles. The number of benzene rings is 1. The summed E-state index contributed by atoms with van der Waals surface area (Å²) < 4.78 is 5.83. The fourth-order valence-electron chi connectivity index (χ4n) is 3.89. The van der Waals surface area contributed by atoms with Crippen LogP contribution in [-0.4, -0.2) is 73.9 Å². The molecule has 0 aliphatic carbocycles. The van der Waals surface area contributed by atoms with Crippen molar-refractivity contribution < 1.29 is 4.74 Å². The molecule has 4 nitrogen and oxygen atoms in total. The second kappa shape index (κ2) is 8.63. The van der Waals surface area contributed by atoms with Gasteiger partial charge >= 0.3 is 0 Å². The van der Waals surface area contributed by atoms with E-state index in [2.05, 4.69) is 41.1 Å². The van der Waals surface area contributed by atoms with Crippen molar-refractivity contribution in [2.45, 2.75) is 38.5 Å². The third-order valence-corrected chi connectivity index (χ3v) is 5.21. The van der Waals surface area contributed by atoms with Crippen molar-refractivity contribution in [1.29, 1.82) is 0 Å². The van der Waals surface area contributed by atoms with Crippen LogP contribution in [-0.2, 0) is 11.2 Å². The van der Waals surface area contributed by atoms with Crippen molar-refractivity contribution >= 4 is 11.6 Å². The van der Waals surface area contributed by atoms with Gasteiger partial charge in [0.2, 0.25) is 0 Å². The largest absolute Gasteiger partial charge is 0.373 e. The molecule has 134 valence electrons. The number of morpholine rings is 1. The van der Waals surface area contributed by atoms with Crippen molar-refractivity contribution in [1.82, 2.24) is 15.1 Å². The monoisotopic (exact) mass is 351 g/mol. The van der Waals surface area contributed by atoms with Gasteiger partial charge in [0.1, 0.15) is 0 Å². The molecule has 2 fully saturated rings. The Kier molecular flexibility index (Phi) is 6.53. The highest BCUT2D eigenvalue weighted by Crippen LogP contribution is 2.14. The molecule has 24 heavy (non-hydrogen) atoms. The fourth-order valence-corrected chi connectivity index (χ4v) is 4.01. The van der Waals surface area contributed by atoms with Crippen LogP contribution >= 0.6 is 11.6 Å². The lowest BCUT2D eigenvalue weighted by Gasteiger charge is -2.38. The molecule has 0 amide bonds. The maximum absolute atomic E-state index is 5.98. The molecule has 1 N–H and O–H groups in total. The summed E-state index contributed by atoms with van der Waals surface area (Å²) in [5.74, 6) is 0. The van der Waals surface area contributed by atoms with Crippen LogP contribution in [0.4, 0.5) is 0 Å². The van der Waals surface area contributed by atoms with Crippen LogP contribution < -0.4 is 5.32 Å². The summed E-state index contributed by atoms with van der Waals surface area (Å²) in [5, 5.41) is 4.47. The molecular weight excluding hydrogens is 322 g/mol. The number of halogens is 1. The first kappa shape index (κ1) is 18.2. The summed E-state index contributed by atoms with van der Waals surface area (Å²) in [6.45, 7) is 12.1. The molecule has 2 aliphatic rings. The maximum atomic E-state index is 5.98. The molecule has 0 spiro atoms. The van der Waals surface area contributed by atoms with E-state index in [9.17, 15) is 0 Å². The molecule has 0 bridgehead atoms. The van der Waals surface area contributed by atoms with Crippen molar-refractivity contribution in [2.24, 2.45) is 0 Å². The quantitative estimate of drug-likeness (QED) is 0.880. The lowest BCUT2D eigenvalue weighted by molar-refractivity contribution is -0.0696. The Morgan fingerprint density at radius 1 is 1.04 bits per heavy atom. The Hall–Kier alpha value is -0.650. The summed E-state index contributed by atoms with van der Waals surface area (Å²) in [4.78, 5) is 5.15. The third kappa shape index (κ3) is 5.43. The van der Waals surface area contributed by atoms with Crippen LogP contribution in [0.1, 0.15) is 19.4 Å². The molecule has 3 atom stereocenters. The van der Waals surface area contributed by atoms with Crippen molar-refractivity contribution in [3.63, 3.8) is 0 Å². The average Bonchev–Trinajstić information content (AvgIpc) is 2.55. The third-order valence-electron chi connectivity index (χ3n) is 4.96. The predicted octanol–water partition coefficient (Wildman–Crippen LogP) is 2.27. The topological polar surface area (TPSA) is 27.7 Å². The van der Waals surface area contributed by atoms with E-state index in [1.54, 1.807) is 0 Å². The van der Waals surface area contributed by atoms with Crippen LogP contribution in [0.25, 0.3) is 0 Å². The SMILES string of the molecule is CC1CN(CCN2CCN[C@H](Cc3ccc(Cl)cc3)C2)CC(C)O1. The number of nitrogens with one attached hydrogen (secondary N) is 1.